The van der Waals surface area contributed by atoms with Gasteiger partial charge in [-0.15, -0.1) is 0 Å². The van der Waals surface area contributed by atoms with Crippen molar-refractivity contribution in [1.29, 1.82) is 0 Å². The van der Waals surface area contributed by atoms with Crippen molar-refractivity contribution in [3.63, 3.8) is 0 Å². The zero-order valence-electron chi connectivity index (χ0n) is 12.5. The highest BCUT2D eigenvalue weighted by Crippen LogP contribution is 2.27. The molecule has 0 saturated heterocycles. The molecule has 2 aromatic carbocycles. The molecule has 4 heteroatoms. The van der Waals surface area contributed by atoms with Gasteiger partial charge in [0.05, 0.1) is 7.11 Å². The molecule has 0 amide bonds. The summed E-state index contributed by atoms with van der Waals surface area (Å²) in [6.45, 7) is 4.86. The Hall–Kier alpha value is -1.87. The lowest BCUT2D eigenvalue weighted by Crippen LogP contribution is -2.09. The average Bonchev–Trinajstić information content (AvgIpc) is 2.48. The third-order valence-electron chi connectivity index (χ3n) is 3.06. The molecule has 0 unspecified atom stereocenters. The average molecular weight is 307 g/mol. The highest BCUT2D eigenvalue weighted by molar-refractivity contribution is 6.31. The zero-order chi connectivity index (χ0) is 15.2. The van der Waals surface area contributed by atoms with Crippen molar-refractivity contribution in [1.82, 2.24) is 0 Å². The van der Waals surface area contributed by atoms with E-state index >= 15 is 0 Å². The van der Waals surface area contributed by atoms with E-state index in [-0.39, 0.29) is 0 Å². The number of methoxy groups -OCH3 is 1. The van der Waals surface area contributed by atoms with E-state index in [0.29, 0.717) is 13.2 Å². The summed E-state index contributed by atoms with van der Waals surface area (Å²) in [4.78, 5) is 0. The van der Waals surface area contributed by atoms with Crippen molar-refractivity contribution in [2.45, 2.75) is 13.8 Å². The number of ether oxygens (including phenoxy) is 3. The van der Waals surface area contributed by atoms with Crippen LogP contribution in [0.2, 0.25) is 5.02 Å². The molecule has 0 aliphatic carbocycles. The Morgan fingerprint density at radius 1 is 0.905 bits per heavy atom. The molecule has 3 nitrogen and oxygen atoms in total. The first kappa shape index (κ1) is 15.5. The van der Waals surface area contributed by atoms with Gasteiger partial charge in [0.2, 0.25) is 0 Å². The molecule has 0 bridgehead atoms. The van der Waals surface area contributed by atoms with E-state index in [0.717, 1.165) is 33.4 Å². The second kappa shape index (κ2) is 7.23. The lowest BCUT2D eigenvalue weighted by atomic mass is 10.2. The van der Waals surface area contributed by atoms with Gasteiger partial charge in [-0.3, -0.25) is 0 Å². The standard InChI is InChI=1S/C17H19ClO3/c1-12-4-7-16(17(10-12)19-3)21-9-8-20-14-5-6-15(18)13(2)11-14/h4-7,10-11H,8-9H2,1-3H3. The van der Waals surface area contributed by atoms with Crippen LogP contribution < -0.4 is 14.2 Å². The monoisotopic (exact) mass is 306 g/mol. The van der Waals surface area contributed by atoms with Crippen molar-refractivity contribution in [3.05, 3.63) is 52.5 Å². The Labute approximate surface area is 130 Å². The van der Waals surface area contributed by atoms with Crippen molar-refractivity contribution < 1.29 is 14.2 Å². The van der Waals surface area contributed by atoms with Crippen LogP contribution in [0, 0.1) is 13.8 Å². The summed E-state index contributed by atoms with van der Waals surface area (Å²) in [7, 11) is 1.63. The van der Waals surface area contributed by atoms with Crippen LogP contribution in [0.5, 0.6) is 17.2 Å². The van der Waals surface area contributed by atoms with Crippen molar-refractivity contribution in [2.24, 2.45) is 0 Å². The molecule has 0 heterocycles. The summed E-state index contributed by atoms with van der Waals surface area (Å²) >= 11 is 5.97. The molecule has 0 radical (unpaired) electrons. The van der Waals surface area contributed by atoms with Gasteiger partial charge >= 0.3 is 0 Å². The van der Waals surface area contributed by atoms with Gasteiger partial charge < -0.3 is 14.2 Å². The molecule has 0 aliphatic heterocycles. The molecule has 0 aliphatic rings. The second-order valence-electron chi connectivity index (χ2n) is 4.76. The first-order chi connectivity index (χ1) is 10.1. The zero-order valence-corrected chi connectivity index (χ0v) is 13.2. The Kier molecular flexibility index (Phi) is 5.34. The van der Waals surface area contributed by atoms with E-state index in [2.05, 4.69) is 0 Å². The minimum Gasteiger partial charge on any atom is -0.493 e. The molecule has 0 spiro atoms. The highest BCUT2D eigenvalue weighted by atomic mass is 35.5. The highest BCUT2D eigenvalue weighted by Gasteiger charge is 2.04. The molecule has 112 valence electrons. The van der Waals surface area contributed by atoms with Crippen LogP contribution in [-0.4, -0.2) is 20.3 Å². The molecule has 2 aromatic rings. The van der Waals surface area contributed by atoms with E-state index in [9.17, 15) is 0 Å². The van der Waals surface area contributed by atoms with Gasteiger partial charge in [0.25, 0.3) is 0 Å². The number of benzene rings is 2. The molecule has 0 atom stereocenters. The number of hydrogen-bond donors (Lipinski definition) is 0. The van der Waals surface area contributed by atoms with Crippen LogP contribution in [0.25, 0.3) is 0 Å². The molecule has 0 aromatic heterocycles. The van der Waals surface area contributed by atoms with Crippen molar-refractivity contribution in [2.75, 3.05) is 20.3 Å². The summed E-state index contributed by atoms with van der Waals surface area (Å²) in [5.41, 5.74) is 2.13. The van der Waals surface area contributed by atoms with Gasteiger partial charge in [-0.1, -0.05) is 17.7 Å². The quantitative estimate of drug-likeness (QED) is 0.739. The van der Waals surface area contributed by atoms with Crippen LogP contribution >= 0.6 is 11.6 Å². The predicted molar refractivity (Wildman–Crippen MR) is 84.9 cm³/mol. The minimum atomic E-state index is 0.446. The maximum atomic E-state index is 5.97. The van der Waals surface area contributed by atoms with E-state index in [1.54, 1.807) is 7.11 Å². The molecule has 21 heavy (non-hydrogen) atoms. The Morgan fingerprint density at radius 2 is 1.67 bits per heavy atom. The summed E-state index contributed by atoms with van der Waals surface area (Å²) in [6, 6.07) is 11.4. The number of rotatable bonds is 6. The molecule has 0 saturated carbocycles. The van der Waals surface area contributed by atoms with Gasteiger partial charge in [0.15, 0.2) is 11.5 Å². The van der Waals surface area contributed by atoms with Crippen LogP contribution in [0.3, 0.4) is 0 Å². The summed E-state index contributed by atoms with van der Waals surface area (Å²) in [6.07, 6.45) is 0. The van der Waals surface area contributed by atoms with Crippen molar-refractivity contribution >= 4 is 11.6 Å². The van der Waals surface area contributed by atoms with E-state index in [1.165, 1.54) is 0 Å². The largest absolute Gasteiger partial charge is 0.493 e. The molecular weight excluding hydrogens is 288 g/mol. The van der Waals surface area contributed by atoms with Gasteiger partial charge in [-0.2, -0.15) is 0 Å². The third kappa shape index (κ3) is 4.30. The molecular formula is C17H19ClO3. The Morgan fingerprint density at radius 3 is 2.38 bits per heavy atom. The summed E-state index contributed by atoms with van der Waals surface area (Å²) in [5.74, 6) is 2.24. The van der Waals surface area contributed by atoms with Gasteiger partial charge in [0, 0.05) is 5.02 Å². The number of hydrogen-bond acceptors (Lipinski definition) is 3. The van der Waals surface area contributed by atoms with Gasteiger partial charge in [-0.05, 0) is 55.3 Å². The third-order valence-corrected chi connectivity index (χ3v) is 3.48. The fourth-order valence-electron chi connectivity index (χ4n) is 1.91. The predicted octanol–water partition coefficient (Wildman–Crippen LogP) is 4.42. The summed E-state index contributed by atoms with van der Waals surface area (Å²) < 4.78 is 16.6. The Balaban J connectivity index is 1.86. The molecule has 0 N–H and O–H groups in total. The van der Waals surface area contributed by atoms with Crippen LogP contribution in [0.4, 0.5) is 0 Å². The lowest BCUT2D eigenvalue weighted by Gasteiger charge is -2.12. The molecule has 2 rings (SSSR count). The van der Waals surface area contributed by atoms with Crippen molar-refractivity contribution in [3.8, 4) is 17.2 Å². The first-order valence-electron chi connectivity index (χ1n) is 6.76. The lowest BCUT2D eigenvalue weighted by molar-refractivity contribution is 0.211. The maximum Gasteiger partial charge on any atom is 0.161 e. The first-order valence-corrected chi connectivity index (χ1v) is 7.14. The maximum absolute atomic E-state index is 5.97. The fourth-order valence-corrected chi connectivity index (χ4v) is 2.03. The minimum absolute atomic E-state index is 0.446. The van der Waals surface area contributed by atoms with E-state index in [1.807, 2.05) is 50.2 Å². The molecule has 0 fully saturated rings. The fraction of sp³-hybridized carbons (Fsp3) is 0.294. The van der Waals surface area contributed by atoms with Crippen LogP contribution in [-0.2, 0) is 0 Å². The van der Waals surface area contributed by atoms with E-state index in [4.69, 9.17) is 25.8 Å². The summed E-state index contributed by atoms with van der Waals surface area (Å²) in [5, 5.41) is 0.739. The number of halogens is 1. The Bertz CT molecular complexity index is 611. The second-order valence-corrected chi connectivity index (χ2v) is 5.17. The van der Waals surface area contributed by atoms with E-state index < -0.39 is 0 Å². The van der Waals surface area contributed by atoms with Gasteiger partial charge in [0.1, 0.15) is 19.0 Å². The smallest absolute Gasteiger partial charge is 0.161 e. The SMILES string of the molecule is COc1cc(C)ccc1OCCOc1ccc(Cl)c(C)c1. The van der Waals surface area contributed by atoms with Gasteiger partial charge in [-0.25, -0.2) is 0 Å². The van der Waals surface area contributed by atoms with Crippen LogP contribution in [0.15, 0.2) is 36.4 Å². The topological polar surface area (TPSA) is 27.7 Å². The van der Waals surface area contributed by atoms with Crippen LogP contribution in [0.1, 0.15) is 11.1 Å². The number of aryl methyl sites for hydroxylation is 2. The normalized spacial score (nSPS) is 10.3.